The van der Waals surface area contributed by atoms with Gasteiger partial charge in [-0.2, -0.15) is 31.1 Å². The third-order valence-corrected chi connectivity index (χ3v) is 7.06. The summed E-state index contributed by atoms with van der Waals surface area (Å²) in [4.78, 5) is 26.8. The molecule has 0 aliphatic rings. The molecule has 0 saturated carbocycles. The van der Waals surface area contributed by atoms with Crippen LogP contribution in [0.15, 0.2) is 0 Å². The summed E-state index contributed by atoms with van der Waals surface area (Å²) in [7, 11) is 0. The first-order valence-corrected chi connectivity index (χ1v) is 20.4. The van der Waals surface area contributed by atoms with Crippen LogP contribution in [0.5, 0.6) is 0 Å². The van der Waals surface area contributed by atoms with Crippen LogP contribution >= 0.6 is 6.72 Å². The van der Waals surface area contributed by atoms with E-state index in [9.17, 15) is 0 Å². The number of unbranched alkanes of at least 4 members (excludes halogenated alkanes) is 27. The molecule has 3 nitrogen and oxygen atoms in total. The van der Waals surface area contributed by atoms with Crippen LogP contribution in [0.4, 0.5) is 0 Å². The van der Waals surface area contributed by atoms with E-state index in [1.165, 1.54) is 173 Å². The molecule has 0 radical (unpaired) electrons. The van der Waals surface area contributed by atoms with Gasteiger partial charge in [-0.15, -0.1) is 0 Å². The summed E-state index contributed by atoms with van der Waals surface area (Å²) in [6, 6.07) is 0. The van der Waals surface area contributed by atoms with Crippen LogP contribution in [0.1, 0.15) is 213 Å². The number of hydrogen-bond donors (Lipinski definition) is 0. The second kappa shape index (κ2) is 60.7. The Morgan fingerprint density at radius 1 is 0.341 bits per heavy atom. The van der Waals surface area contributed by atoms with Crippen LogP contribution < -0.4 is 14.7 Å². The molecule has 0 fully saturated rings. The van der Waals surface area contributed by atoms with Gasteiger partial charge in [-0.1, -0.05) is 194 Å². The monoisotopic (exact) mass is 810 g/mol. The van der Waals surface area contributed by atoms with Crippen LogP contribution in [0.3, 0.4) is 0 Å². The van der Waals surface area contributed by atoms with Crippen LogP contribution in [0.25, 0.3) is 0 Å². The molecule has 0 atom stereocenters. The Morgan fingerprint density at radius 2 is 0.455 bits per heavy atom. The van der Waals surface area contributed by atoms with Crippen molar-refractivity contribution in [3.63, 3.8) is 0 Å². The van der Waals surface area contributed by atoms with Crippen LogP contribution in [0, 0.1) is 20.8 Å². The predicted octanol–water partition coefficient (Wildman–Crippen LogP) is 11.5. The molecule has 44 heavy (non-hydrogen) atoms. The van der Waals surface area contributed by atoms with Gasteiger partial charge < -0.3 is 42.2 Å². The minimum atomic E-state index is -4.56. The Bertz CT molecular complexity index is 373. The first kappa shape index (κ1) is 61.6. The first-order chi connectivity index (χ1) is 19.7. The summed E-state index contributed by atoms with van der Waals surface area (Å²) in [5, 5.41) is 0. The van der Waals surface area contributed by atoms with E-state index < -0.39 is 6.72 Å². The van der Waals surface area contributed by atoms with E-state index in [1.54, 1.807) is 0 Å². The van der Waals surface area contributed by atoms with Crippen LogP contribution in [-0.2, 0) is 70.2 Å². The molecule has 0 aliphatic carbocycles. The standard InChI is InChI=1S/3C12H25.H3O3PS.3Zn/c3*1-3-5-7-9-11-12-10-8-6-4-2;1-4(2,3)5;;;/h3*1,3-12H2,2H3;(H3,1,2,3,5);;;/q3*-1;;3*+2/p-3. The van der Waals surface area contributed by atoms with E-state index in [-0.39, 0.29) is 58.4 Å². The summed E-state index contributed by atoms with van der Waals surface area (Å²) < 4.78 is 0. The maximum Gasteiger partial charge on any atom is 2.00 e. The van der Waals surface area contributed by atoms with Gasteiger partial charge in [0.15, 0.2) is 0 Å². The predicted molar refractivity (Wildman–Crippen MR) is 186 cm³/mol. The number of rotatable bonds is 27. The Morgan fingerprint density at radius 3 is 0.568 bits per heavy atom. The molecule has 254 valence electrons. The smallest absolute Gasteiger partial charge is 0.844 e. The van der Waals surface area contributed by atoms with E-state index in [2.05, 4.69) is 53.3 Å². The maximum absolute atomic E-state index is 8.92. The van der Waals surface area contributed by atoms with Crippen molar-refractivity contribution in [2.45, 2.75) is 213 Å². The third kappa shape index (κ3) is 96.8. The molecular weight excluding hydrogens is 740 g/mol. The Kier molecular flexibility index (Phi) is 85.0. The van der Waals surface area contributed by atoms with Crippen molar-refractivity contribution >= 4 is 18.5 Å². The summed E-state index contributed by atoms with van der Waals surface area (Å²) in [6.07, 6.45) is 41.7. The molecule has 0 aromatic carbocycles. The molecule has 0 rings (SSSR count). The van der Waals surface area contributed by atoms with Crippen molar-refractivity contribution in [3.05, 3.63) is 20.8 Å². The minimum absolute atomic E-state index is 0. The average molecular weight is 815 g/mol. The zero-order valence-electron chi connectivity index (χ0n) is 30.5. The summed E-state index contributed by atoms with van der Waals surface area (Å²) in [5.74, 6) is 0. The van der Waals surface area contributed by atoms with Crippen molar-refractivity contribution in [2.75, 3.05) is 0 Å². The van der Waals surface area contributed by atoms with E-state index in [0.29, 0.717) is 0 Å². The van der Waals surface area contributed by atoms with Crippen LogP contribution in [0.2, 0.25) is 0 Å². The SMILES string of the molecule is [CH2-]CCCCCCCCCCC.[CH2-]CCCCCCCCCCC.[CH2-]CCCCCCCCCCC.[O-]P([O-])([O-])=S.[Zn+2].[Zn+2].[Zn+2]. The summed E-state index contributed by atoms with van der Waals surface area (Å²) in [6.45, 7) is 13.8. The van der Waals surface area contributed by atoms with E-state index in [0.717, 1.165) is 19.3 Å². The van der Waals surface area contributed by atoms with Gasteiger partial charge in [-0.3, -0.25) is 0 Å². The molecule has 0 aromatic heterocycles. The molecule has 0 heterocycles. The Balaban J connectivity index is -0.0000000839. The molecule has 0 bridgehead atoms. The van der Waals surface area contributed by atoms with Gasteiger partial charge in [-0.25, -0.2) is 0 Å². The number of hydrogen-bond acceptors (Lipinski definition) is 4. The van der Waals surface area contributed by atoms with E-state index >= 15 is 0 Å². The molecule has 0 unspecified atom stereocenters. The largest absolute Gasteiger partial charge is 2.00 e. The first-order valence-electron chi connectivity index (χ1n) is 17.9. The molecule has 8 heteroatoms. The molecular formula is C36H75O3PSZn3. The quantitative estimate of drug-likeness (QED) is 0.0358. The van der Waals surface area contributed by atoms with Crippen molar-refractivity contribution in [3.8, 4) is 0 Å². The Labute approximate surface area is 323 Å². The van der Waals surface area contributed by atoms with E-state index in [1.807, 2.05) is 0 Å². The van der Waals surface area contributed by atoms with Gasteiger partial charge in [0.1, 0.15) is 0 Å². The fraction of sp³-hybridized carbons (Fsp3) is 0.917. The summed E-state index contributed by atoms with van der Waals surface area (Å²) in [5.41, 5.74) is 0. The second-order valence-corrected chi connectivity index (χ2v) is 13.7. The van der Waals surface area contributed by atoms with Crippen molar-refractivity contribution in [2.24, 2.45) is 0 Å². The average Bonchev–Trinajstić information content (AvgIpc) is 2.93. The molecule has 0 amide bonds. The van der Waals surface area contributed by atoms with Gasteiger partial charge >= 0.3 is 58.4 Å². The second-order valence-electron chi connectivity index (χ2n) is 11.5. The molecule has 0 saturated heterocycles. The molecule has 0 N–H and O–H groups in total. The summed E-state index contributed by atoms with van der Waals surface area (Å²) >= 11 is 3.27. The minimum Gasteiger partial charge on any atom is -0.844 e. The normalized spacial score (nSPS) is 9.93. The van der Waals surface area contributed by atoms with Crippen molar-refractivity contribution < 1.29 is 73.1 Å². The fourth-order valence-electron chi connectivity index (χ4n) is 4.46. The van der Waals surface area contributed by atoms with Gasteiger partial charge in [0.25, 0.3) is 0 Å². The van der Waals surface area contributed by atoms with Crippen molar-refractivity contribution in [1.82, 2.24) is 0 Å². The Hall–Kier alpha value is 2.40. The molecule has 0 aromatic rings. The zero-order chi connectivity index (χ0) is 31.7. The topological polar surface area (TPSA) is 69.2 Å². The third-order valence-electron chi connectivity index (χ3n) is 7.06. The van der Waals surface area contributed by atoms with E-state index in [4.69, 9.17) is 14.7 Å². The fourth-order valence-corrected chi connectivity index (χ4v) is 4.46. The van der Waals surface area contributed by atoms with Crippen LogP contribution in [-0.4, -0.2) is 0 Å². The molecule has 0 spiro atoms. The van der Waals surface area contributed by atoms with Gasteiger partial charge in [-0.05, 0) is 0 Å². The van der Waals surface area contributed by atoms with Crippen molar-refractivity contribution in [1.29, 1.82) is 0 Å². The van der Waals surface area contributed by atoms with Gasteiger partial charge in [0.05, 0.1) is 0 Å². The maximum atomic E-state index is 8.92. The van der Waals surface area contributed by atoms with Gasteiger partial charge in [0, 0.05) is 0 Å². The van der Waals surface area contributed by atoms with Gasteiger partial charge in [0.2, 0.25) is 0 Å². The zero-order valence-corrected chi connectivity index (χ0v) is 41.1. The molecule has 0 aliphatic heterocycles.